The Morgan fingerprint density at radius 1 is 1.09 bits per heavy atom. The predicted molar refractivity (Wildman–Crippen MR) is 123 cm³/mol. The molecule has 0 radical (unpaired) electrons. The van der Waals surface area contributed by atoms with Crippen LogP contribution in [0, 0.1) is 11.8 Å². The zero-order valence-corrected chi connectivity index (χ0v) is 19.4. The summed E-state index contributed by atoms with van der Waals surface area (Å²) in [6, 6.07) is 1.14. The molecule has 2 aliphatic heterocycles. The maximum Gasteiger partial charge on any atom is 0.163 e. The molecule has 6 N–H and O–H groups in total. The highest BCUT2D eigenvalue weighted by atomic mass is 19.1. The van der Waals surface area contributed by atoms with Crippen molar-refractivity contribution in [3.8, 4) is 0 Å². The van der Waals surface area contributed by atoms with Crippen molar-refractivity contribution in [3.63, 3.8) is 0 Å². The van der Waals surface area contributed by atoms with Gasteiger partial charge in [0.2, 0.25) is 0 Å². The lowest BCUT2D eigenvalue weighted by atomic mass is 9.78. The molecule has 0 spiro atoms. The normalized spacial score (nSPS) is 41.8. The topological polar surface area (TPSA) is 98.8 Å². The first-order valence-corrected chi connectivity index (χ1v) is 12.8. The molecule has 1 saturated carbocycles. The lowest BCUT2D eigenvalue weighted by Gasteiger charge is -2.47. The summed E-state index contributed by atoms with van der Waals surface area (Å²) in [6.45, 7) is 2.95. The molecule has 8 nitrogen and oxygen atoms in total. The largest absolute Gasteiger partial charge is 0.495 e. The number of rotatable bonds is 7. The molecule has 8 atom stereocenters. The van der Waals surface area contributed by atoms with Crippen molar-refractivity contribution >= 4 is 0 Å². The van der Waals surface area contributed by atoms with Crippen molar-refractivity contribution in [1.29, 1.82) is 0 Å². The Kier molecular flexibility index (Phi) is 7.97. The molecule has 33 heavy (non-hydrogen) atoms. The van der Waals surface area contributed by atoms with E-state index in [1.807, 2.05) is 6.08 Å². The Hall–Kier alpha value is -1.07. The molecule has 0 aromatic heterocycles. The van der Waals surface area contributed by atoms with Gasteiger partial charge in [-0.3, -0.25) is 21.3 Å². The zero-order chi connectivity index (χ0) is 22.6. The number of allylic oxidation sites excluding steroid dienone is 2. The highest BCUT2D eigenvalue weighted by Gasteiger charge is 2.40. The average Bonchev–Trinajstić information content (AvgIpc) is 3.32. The van der Waals surface area contributed by atoms with Gasteiger partial charge >= 0.3 is 0 Å². The molecule has 0 aromatic carbocycles. The summed E-state index contributed by atoms with van der Waals surface area (Å²) in [5, 5.41) is 28.7. The van der Waals surface area contributed by atoms with E-state index in [9.17, 15) is 9.50 Å². The summed E-state index contributed by atoms with van der Waals surface area (Å²) in [5.41, 5.74) is 0. The highest BCUT2D eigenvalue weighted by Crippen LogP contribution is 2.31. The van der Waals surface area contributed by atoms with Crippen LogP contribution < -0.4 is 26.6 Å². The van der Waals surface area contributed by atoms with E-state index in [1.165, 1.54) is 0 Å². The molecule has 0 amide bonds. The van der Waals surface area contributed by atoms with Gasteiger partial charge in [-0.25, -0.2) is 4.39 Å². The van der Waals surface area contributed by atoms with Crippen molar-refractivity contribution in [1.82, 2.24) is 26.6 Å². The molecular weight excluding hydrogens is 425 g/mol. The van der Waals surface area contributed by atoms with Crippen LogP contribution in [0.3, 0.4) is 0 Å². The molecule has 0 bridgehead atoms. The lowest BCUT2D eigenvalue weighted by Crippen LogP contribution is -2.66. The lowest BCUT2D eigenvalue weighted by molar-refractivity contribution is 0.0357. The second-order valence-electron chi connectivity index (χ2n) is 10.3. The molecule has 2 heterocycles. The maximum absolute atomic E-state index is 13.5. The SMILES string of the molecule is OC1CC(NC2NCNC3CCC(NC4NCCO4)CC32)CC=C1OCC1CCC=C(F)C1. The Balaban J connectivity index is 1.11. The van der Waals surface area contributed by atoms with Crippen molar-refractivity contribution in [2.45, 2.75) is 88.1 Å². The third-order valence-electron chi connectivity index (χ3n) is 7.88. The van der Waals surface area contributed by atoms with Crippen LogP contribution in [0.1, 0.15) is 51.4 Å². The standard InChI is InChI=1S/C24H40FN5O3/c25-16-3-1-2-15(10-16)13-33-22-7-5-18(12-21(22)31)29-23-19-11-17(30-24-26-8-9-32-24)4-6-20(19)27-14-28-23/h3,7,15,17-21,23-24,26-31H,1-2,4-6,8-14H2. The minimum atomic E-state index is -0.607. The first-order chi connectivity index (χ1) is 16.1. The molecule has 2 saturated heterocycles. The van der Waals surface area contributed by atoms with Gasteiger partial charge in [0.1, 0.15) is 11.9 Å². The van der Waals surface area contributed by atoms with Crippen molar-refractivity contribution < 1.29 is 19.0 Å². The van der Waals surface area contributed by atoms with Crippen molar-refractivity contribution in [2.24, 2.45) is 11.8 Å². The van der Waals surface area contributed by atoms with Crippen LogP contribution in [0.25, 0.3) is 0 Å². The van der Waals surface area contributed by atoms with Crippen LogP contribution in [0.4, 0.5) is 4.39 Å². The van der Waals surface area contributed by atoms with Gasteiger partial charge in [-0.2, -0.15) is 0 Å². The number of aliphatic hydroxyl groups is 1. The van der Waals surface area contributed by atoms with E-state index in [2.05, 4.69) is 26.6 Å². The van der Waals surface area contributed by atoms with E-state index >= 15 is 0 Å². The molecule has 3 aliphatic carbocycles. The fraction of sp³-hybridized carbons (Fsp3) is 0.833. The summed E-state index contributed by atoms with van der Waals surface area (Å²) in [6.07, 6.45) is 10.3. The van der Waals surface area contributed by atoms with Crippen molar-refractivity contribution in [3.05, 3.63) is 23.7 Å². The van der Waals surface area contributed by atoms with E-state index in [-0.39, 0.29) is 30.3 Å². The monoisotopic (exact) mass is 465 g/mol. The second-order valence-corrected chi connectivity index (χ2v) is 10.3. The van der Waals surface area contributed by atoms with Gasteiger partial charge in [0.05, 0.1) is 25.2 Å². The molecule has 186 valence electrons. The van der Waals surface area contributed by atoms with E-state index in [0.717, 1.165) is 58.3 Å². The number of nitrogens with one attached hydrogen (secondary N) is 5. The fourth-order valence-corrected chi connectivity index (χ4v) is 6.07. The molecule has 0 aromatic rings. The van der Waals surface area contributed by atoms with Gasteiger partial charge in [0, 0.05) is 43.7 Å². The van der Waals surface area contributed by atoms with E-state index in [4.69, 9.17) is 9.47 Å². The highest BCUT2D eigenvalue weighted by molar-refractivity contribution is 5.09. The molecule has 5 rings (SSSR count). The average molecular weight is 466 g/mol. The van der Waals surface area contributed by atoms with Gasteiger partial charge in [-0.05, 0) is 56.9 Å². The number of ether oxygens (including phenoxy) is 2. The smallest absolute Gasteiger partial charge is 0.163 e. The van der Waals surface area contributed by atoms with E-state index < -0.39 is 6.10 Å². The van der Waals surface area contributed by atoms with Crippen LogP contribution in [0.5, 0.6) is 0 Å². The van der Waals surface area contributed by atoms with Crippen LogP contribution in [0.15, 0.2) is 23.7 Å². The van der Waals surface area contributed by atoms with Gasteiger partial charge in [-0.15, -0.1) is 0 Å². The molecule has 8 unspecified atom stereocenters. The van der Waals surface area contributed by atoms with Gasteiger partial charge in [0.25, 0.3) is 0 Å². The number of halogens is 1. The summed E-state index contributed by atoms with van der Waals surface area (Å²) < 4.78 is 25.1. The van der Waals surface area contributed by atoms with E-state index in [1.54, 1.807) is 6.08 Å². The molecular formula is C24H40FN5O3. The Morgan fingerprint density at radius 3 is 2.85 bits per heavy atom. The molecule has 5 aliphatic rings. The van der Waals surface area contributed by atoms with Crippen LogP contribution in [0.2, 0.25) is 0 Å². The number of aliphatic hydroxyl groups excluding tert-OH is 1. The Morgan fingerprint density at radius 2 is 2.03 bits per heavy atom. The first kappa shape index (κ1) is 23.7. The predicted octanol–water partition coefficient (Wildman–Crippen LogP) is 1.16. The minimum Gasteiger partial charge on any atom is -0.495 e. The summed E-state index contributed by atoms with van der Waals surface area (Å²) in [5.74, 6) is 1.30. The van der Waals surface area contributed by atoms with Gasteiger partial charge < -0.3 is 19.9 Å². The summed E-state index contributed by atoms with van der Waals surface area (Å²) >= 11 is 0. The molecule has 3 fully saturated rings. The van der Waals surface area contributed by atoms with E-state index in [0.29, 0.717) is 43.2 Å². The second kappa shape index (κ2) is 11.1. The van der Waals surface area contributed by atoms with Gasteiger partial charge in [-0.1, -0.05) is 6.08 Å². The fourth-order valence-electron chi connectivity index (χ4n) is 6.07. The number of fused-ring (bicyclic) bond motifs is 1. The Labute approximate surface area is 196 Å². The third-order valence-corrected chi connectivity index (χ3v) is 7.88. The quantitative estimate of drug-likeness (QED) is 0.333. The van der Waals surface area contributed by atoms with Crippen LogP contribution >= 0.6 is 0 Å². The summed E-state index contributed by atoms with van der Waals surface area (Å²) in [7, 11) is 0. The van der Waals surface area contributed by atoms with Crippen LogP contribution in [-0.4, -0.2) is 68.3 Å². The maximum atomic E-state index is 13.5. The van der Waals surface area contributed by atoms with Gasteiger partial charge in [0.15, 0.2) is 6.35 Å². The van der Waals surface area contributed by atoms with Crippen molar-refractivity contribution in [2.75, 3.05) is 26.4 Å². The third kappa shape index (κ3) is 6.14. The summed E-state index contributed by atoms with van der Waals surface area (Å²) in [4.78, 5) is 0. The molecule has 9 heteroatoms. The zero-order valence-electron chi connectivity index (χ0n) is 19.4. The number of hydrogen-bond donors (Lipinski definition) is 6. The number of hydrogen-bond acceptors (Lipinski definition) is 8. The minimum absolute atomic E-state index is 0.0272. The Bertz CT molecular complexity index is 716. The van der Waals surface area contributed by atoms with Crippen LogP contribution in [-0.2, 0) is 9.47 Å². The first-order valence-electron chi connectivity index (χ1n) is 12.8.